The third-order valence-corrected chi connectivity index (χ3v) is 6.19. The fourth-order valence-corrected chi connectivity index (χ4v) is 4.46. The molecule has 0 radical (unpaired) electrons. The topological polar surface area (TPSA) is 42.9 Å². The number of benzene rings is 1. The molecule has 2 aliphatic heterocycles. The Bertz CT molecular complexity index is 631. The Kier molecular flexibility index (Phi) is 8.21. The van der Waals surface area contributed by atoms with Gasteiger partial charge < -0.3 is 20.4 Å². The highest BCUT2D eigenvalue weighted by Gasteiger charge is 2.36. The fourth-order valence-electron chi connectivity index (χ4n) is 4.46. The van der Waals surface area contributed by atoms with Gasteiger partial charge in [0.1, 0.15) is 0 Å². The molecule has 5 nitrogen and oxygen atoms in total. The van der Waals surface area contributed by atoms with Crippen LogP contribution in [0.1, 0.15) is 43.2 Å². The quantitative estimate of drug-likeness (QED) is 0.390. The molecule has 0 saturated carbocycles. The van der Waals surface area contributed by atoms with Crippen molar-refractivity contribution in [2.75, 3.05) is 33.1 Å². The van der Waals surface area contributed by atoms with E-state index in [-0.39, 0.29) is 24.0 Å². The van der Waals surface area contributed by atoms with E-state index in [9.17, 15) is 0 Å². The predicted molar refractivity (Wildman–Crippen MR) is 126 cm³/mol. The summed E-state index contributed by atoms with van der Waals surface area (Å²) in [6, 6.07) is 8.64. The zero-order chi connectivity index (χ0) is 18.7. The van der Waals surface area contributed by atoms with Gasteiger partial charge in [-0.1, -0.05) is 12.5 Å². The smallest absolute Gasteiger partial charge is 0.191 e. The lowest BCUT2D eigenvalue weighted by atomic mass is 9.82. The summed E-state index contributed by atoms with van der Waals surface area (Å²) in [4.78, 5) is 9.20. The molecule has 0 aliphatic carbocycles. The number of anilines is 1. The van der Waals surface area contributed by atoms with Gasteiger partial charge in [0.2, 0.25) is 0 Å². The molecule has 2 N–H and O–H groups in total. The van der Waals surface area contributed by atoms with Gasteiger partial charge in [-0.3, -0.25) is 4.99 Å². The van der Waals surface area contributed by atoms with Crippen molar-refractivity contribution in [3.8, 4) is 0 Å². The lowest BCUT2D eigenvalue weighted by Crippen LogP contribution is -2.56. The third-order valence-electron chi connectivity index (χ3n) is 6.19. The summed E-state index contributed by atoms with van der Waals surface area (Å²) in [5.41, 5.74) is 3.87. The minimum absolute atomic E-state index is 0. The van der Waals surface area contributed by atoms with Crippen molar-refractivity contribution in [1.82, 2.24) is 15.5 Å². The van der Waals surface area contributed by atoms with E-state index in [0.29, 0.717) is 6.04 Å². The number of rotatable bonds is 4. The van der Waals surface area contributed by atoms with Crippen LogP contribution in [0.2, 0.25) is 0 Å². The standard InChI is InChI=1S/C21H35N5.HI/c1-15-11-18(25(3)4)10-9-16(15)14-23-21(22-2)24-17-12-19-7-6-8-20(13-17)26(19)5;/h9-11,17,19-20H,6-8,12-14H2,1-5H3,(H2,22,23,24);1H. The second-order valence-electron chi connectivity index (χ2n) is 8.15. The number of aliphatic imine (C=N–C) groups is 1. The Balaban J connectivity index is 0.00000261. The Morgan fingerprint density at radius 3 is 2.44 bits per heavy atom. The van der Waals surface area contributed by atoms with Gasteiger partial charge in [0.05, 0.1) is 0 Å². The average molecular weight is 485 g/mol. The zero-order valence-electron chi connectivity index (χ0n) is 17.5. The van der Waals surface area contributed by atoms with Crippen molar-refractivity contribution in [1.29, 1.82) is 0 Å². The largest absolute Gasteiger partial charge is 0.378 e. The van der Waals surface area contributed by atoms with Crippen molar-refractivity contribution in [2.45, 2.75) is 63.7 Å². The molecule has 2 aliphatic rings. The summed E-state index contributed by atoms with van der Waals surface area (Å²) in [5, 5.41) is 7.19. The second-order valence-corrected chi connectivity index (χ2v) is 8.15. The van der Waals surface area contributed by atoms with E-state index >= 15 is 0 Å². The summed E-state index contributed by atoms with van der Waals surface area (Å²) in [6.07, 6.45) is 6.53. The number of guanidine groups is 1. The molecule has 152 valence electrons. The van der Waals surface area contributed by atoms with Crippen LogP contribution < -0.4 is 15.5 Å². The Morgan fingerprint density at radius 1 is 1.22 bits per heavy atom. The number of fused-ring (bicyclic) bond motifs is 2. The van der Waals surface area contributed by atoms with Gasteiger partial charge in [-0.25, -0.2) is 0 Å². The van der Waals surface area contributed by atoms with Gasteiger partial charge >= 0.3 is 0 Å². The van der Waals surface area contributed by atoms with Crippen LogP contribution in [0.15, 0.2) is 23.2 Å². The number of hydrogen-bond donors (Lipinski definition) is 2. The molecule has 2 bridgehead atoms. The van der Waals surface area contributed by atoms with Gasteiger partial charge in [0, 0.05) is 51.5 Å². The normalized spacial score (nSPS) is 25.5. The van der Waals surface area contributed by atoms with Gasteiger partial charge in [-0.2, -0.15) is 0 Å². The number of halogens is 1. The minimum Gasteiger partial charge on any atom is -0.378 e. The molecule has 2 unspecified atom stereocenters. The summed E-state index contributed by atoms with van der Waals surface area (Å²) in [5.74, 6) is 0.925. The van der Waals surface area contributed by atoms with E-state index in [1.807, 2.05) is 7.05 Å². The maximum absolute atomic E-state index is 4.46. The molecule has 1 aromatic carbocycles. The van der Waals surface area contributed by atoms with Crippen molar-refractivity contribution in [3.05, 3.63) is 29.3 Å². The van der Waals surface area contributed by atoms with E-state index in [1.54, 1.807) is 0 Å². The number of hydrogen-bond acceptors (Lipinski definition) is 3. The average Bonchev–Trinajstić information content (AvgIpc) is 2.60. The molecule has 2 fully saturated rings. The summed E-state index contributed by atoms with van der Waals surface area (Å²) < 4.78 is 0. The summed E-state index contributed by atoms with van der Waals surface area (Å²) in [7, 11) is 8.33. The Hall–Kier alpha value is -1.02. The number of aryl methyl sites for hydroxylation is 1. The lowest BCUT2D eigenvalue weighted by Gasteiger charge is -2.47. The van der Waals surface area contributed by atoms with E-state index in [2.05, 4.69) is 71.7 Å². The number of piperidine rings is 2. The van der Waals surface area contributed by atoms with Crippen LogP contribution in [-0.4, -0.2) is 57.2 Å². The van der Waals surface area contributed by atoms with E-state index < -0.39 is 0 Å². The van der Waals surface area contributed by atoms with Crippen LogP contribution in [0.25, 0.3) is 0 Å². The molecule has 0 aromatic heterocycles. The maximum Gasteiger partial charge on any atom is 0.191 e. The number of nitrogens with one attached hydrogen (secondary N) is 2. The molecule has 0 spiro atoms. The van der Waals surface area contributed by atoms with Crippen LogP contribution in [0.4, 0.5) is 5.69 Å². The Labute approximate surface area is 182 Å². The SMILES string of the molecule is CN=C(NCc1ccc(N(C)C)cc1C)NC1CC2CCCC(C1)N2C.I. The molecular formula is C21H36IN5. The first-order valence-electron chi connectivity index (χ1n) is 9.94. The van der Waals surface area contributed by atoms with Crippen molar-refractivity contribution >= 4 is 35.6 Å². The summed E-state index contributed by atoms with van der Waals surface area (Å²) in [6.45, 7) is 2.98. The van der Waals surface area contributed by atoms with Crippen molar-refractivity contribution in [3.63, 3.8) is 0 Å². The van der Waals surface area contributed by atoms with Crippen LogP contribution in [0.5, 0.6) is 0 Å². The van der Waals surface area contributed by atoms with Crippen LogP contribution in [0, 0.1) is 6.92 Å². The second kappa shape index (κ2) is 9.96. The first-order valence-corrected chi connectivity index (χ1v) is 9.94. The first-order chi connectivity index (χ1) is 12.5. The predicted octanol–water partition coefficient (Wildman–Crippen LogP) is 3.36. The van der Waals surface area contributed by atoms with Gasteiger partial charge in [0.25, 0.3) is 0 Å². The first kappa shape index (κ1) is 22.3. The molecule has 0 amide bonds. The van der Waals surface area contributed by atoms with E-state index in [4.69, 9.17) is 0 Å². The molecule has 3 rings (SSSR count). The molecule has 2 saturated heterocycles. The van der Waals surface area contributed by atoms with Crippen molar-refractivity contribution in [2.24, 2.45) is 4.99 Å². The zero-order valence-corrected chi connectivity index (χ0v) is 19.8. The minimum atomic E-state index is 0. The molecule has 2 atom stereocenters. The van der Waals surface area contributed by atoms with Crippen molar-refractivity contribution < 1.29 is 0 Å². The van der Waals surface area contributed by atoms with E-state index in [1.165, 1.54) is 48.9 Å². The van der Waals surface area contributed by atoms with Crippen LogP contribution in [0.3, 0.4) is 0 Å². The van der Waals surface area contributed by atoms with Crippen LogP contribution >= 0.6 is 24.0 Å². The monoisotopic (exact) mass is 485 g/mol. The molecule has 27 heavy (non-hydrogen) atoms. The Morgan fingerprint density at radius 2 is 1.89 bits per heavy atom. The third kappa shape index (κ3) is 5.50. The van der Waals surface area contributed by atoms with Crippen LogP contribution in [-0.2, 0) is 6.54 Å². The maximum atomic E-state index is 4.46. The molecule has 6 heteroatoms. The van der Waals surface area contributed by atoms with Gasteiger partial charge in [-0.05, 0) is 62.9 Å². The molecule has 2 heterocycles. The van der Waals surface area contributed by atoms with Gasteiger partial charge in [-0.15, -0.1) is 24.0 Å². The molecular weight excluding hydrogens is 449 g/mol. The molecule has 1 aromatic rings. The highest BCUT2D eigenvalue weighted by atomic mass is 127. The summed E-state index contributed by atoms with van der Waals surface area (Å²) >= 11 is 0. The number of nitrogens with zero attached hydrogens (tertiary/aromatic N) is 3. The highest BCUT2D eigenvalue weighted by Crippen LogP contribution is 2.32. The van der Waals surface area contributed by atoms with E-state index in [0.717, 1.165) is 24.6 Å². The van der Waals surface area contributed by atoms with Gasteiger partial charge in [0.15, 0.2) is 5.96 Å². The fraction of sp³-hybridized carbons (Fsp3) is 0.667. The highest BCUT2D eigenvalue weighted by molar-refractivity contribution is 14.0. The lowest BCUT2D eigenvalue weighted by molar-refractivity contribution is 0.0526.